The Labute approximate surface area is 107 Å². The van der Waals surface area contributed by atoms with E-state index in [1.807, 2.05) is 0 Å². The van der Waals surface area contributed by atoms with Crippen LogP contribution in [0.2, 0.25) is 0 Å². The van der Waals surface area contributed by atoms with Gasteiger partial charge in [-0.2, -0.15) is 0 Å². The zero-order chi connectivity index (χ0) is 12.7. The van der Waals surface area contributed by atoms with Crippen LogP contribution >= 0.6 is 0 Å². The van der Waals surface area contributed by atoms with Gasteiger partial charge in [0, 0.05) is 6.61 Å². The van der Waals surface area contributed by atoms with Crippen molar-refractivity contribution >= 4 is 0 Å². The van der Waals surface area contributed by atoms with E-state index in [-0.39, 0.29) is 5.60 Å². The van der Waals surface area contributed by atoms with Gasteiger partial charge >= 0.3 is 0 Å². The van der Waals surface area contributed by atoms with Crippen LogP contribution in [0.1, 0.15) is 59.8 Å². The first-order valence-corrected chi connectivity index (χ1v) is 7.17. The maximum absolute atomic E-state index is 6.14. The summed E-state index contributed by atoms with van der Waals surface area (Å²) in [5.74, 6) is 0. The molecule has 0 amide bonds. The topological polar surface area (TPSA) is 21.3 Å². The van der Waals surface area contributed by atoms with E-state index in [9.17, 15) is 0 Å². The molecule has 100 valence electrons. The predicted octanol–water partition coefficient (Wildman–Crippen LogP) is 3.67. The highest BCUT2D eigenvalue weighted by Crippen LogP contribution is 2.37. The van der Waals surface area contributed by atoms with Crippen molar-refractivity contribution in [1.29, 1.82) is 0 Å². The quantitative estimate of drug-likeness (QED) is 0.684. The lowest BCUT2D eigenvalue weighted by atomic mass is 9.90. The SMILES string of the molecule is CCCNC(C=C(C)C)C1(OCC)CCCC1. The molecule has 1 rings (SSSR count). The van der Waals surface area contributed by atoms with Gasteiger partial charge in [-0.15, -0.1) is 0 Å². The molecule has 1 aliphatic rings. The molecule has 1 saturated carbocycles. The van der Waals surface area contributed by atoms with Crippen molar-refractivity contribution < 1.29 is 4.74 Å². The van der Waals surface area contributed by atoms with Crippen LogP contribution in [-0.4, -0.2) is 24.8 Å². The second kappa shape index (κ2) is 7.17. The molecule has 1 unspecified atom stereocenters. The van der Waals surface area contributed by atoms with Gasteiger partial charge < -0.3 is 10.1 Å². The highest BCUT2D eigenvalue weighted by molar-refractivity contribution is 5.11. The second-order valence-corrected chi connectivity index (χ2v) is 5.38. The molecule has 0 aromatic heterocycles. The highest BCUT2D eigenvalue weighted by atomic mass is 16.5. The predicted molar refractivity (Wildman–Crippen MR) is 74.3 cm³/mol. The first-order chi connectivity index (χ1) is 8.14. The Morgan fingerprint density at radius 1 is 1.29 bits per heavy atom. The average Bonchev–Trinajstić information content (AvgIpc) is 2.74. The van der Waals surface area contributed by atoms with E-state index in [1.54, 1.807) is 0 Å². The van der Waals surface area contributed by atoms with Crippen LogP contribution in [0.25, 0.3) is 0 Å². The fourth-order valence-electron chi connectivity index (χ4n) is 2.84. The van der Waals surface area contributed by atoms with E-state index in [4.69, 9.17) is 4.74 Å². The zero-order valence-corrected chi connectivity index (χ0v) is 12.0. The third-order valence-electron chi connectivity index (χ3n) is 3.56. The summed E-state index contributed by atoms with van der Waals surface area (Å²) < 4.78 is 6.14. The molecule has 0 aromatic carbocycles. The number of rotatable bonds is 7. The minimum Gasteiger partial charge on any atom is -0.373 e. The van der Waals surface area contributed by atoms with Crippen molar-refractivity contribution in [2.24, 2.45) is 0 Å². The molecule has 0 saturated heterocycles. The van der Waals surface area contributed by atoms with Gasteiger partial charge in [-0.05, 0) is 46.6 Å². The van der Waals surface area contributed by atoms with Crippen LogP contribution in [0.3, 0.4) is 0 Å². The minimum absolute atomic E-state index is 0.0567. The summed E-state index contributed by atoms with van der Waals surface area (Å²) in [6, 6.07) is 0.384. The van der Waals surface area contributed by atoms with Gasteiger partial charge in [0.15, 0.2) is 0 Å². The summed E-state index contributed by atoms with van der Waals surface area (Å²) in [5.41, 5.74) is 1.44. The summed E-state index contributed by atoms with van der Waals surface area (Å²) in [5, 5.41) is 3.67. The molecule has 1 aliphatic carbocycles. The minimum atomic E-state index is 0.0567. The van der Waals surface area contributed by atoms with Crippen molar-refractivity contribution in [3.63, 3.8) is 0 Å². The van der Waals surface area contributed by atoms with Gasteiger partial charge in [0.1, 0.15) is 0 Å². The monoisotopic (exact) mass is 239 g/mol. The molecule has 0 radical (unpaired) electrons. The van der Waals surface area contributed by atoms with Crippen LogP contribution < -0.4 is 5.32 Å². The van der Waals surface area contributed by atoms with Gasteiger partial charge in [0.05, 0.1) is 11.6 Å². The summed E-state index contributed by atoms with van der Waals surface area (Å²) in [6.45, 7) is 10.6. The molecule has 2 heteroatoms. The van der Waals surface area contributed by atoms with Crippen LogP contribution in [0.15, 0.2) is 11.6 Å². The molecule has 0 bridgehead atoms. The van der Waals surface area contributed by atoms with Crippen molar-refractivity contribution in [3.05, 3.63) is 11.6 Å². The van der Waals surface area contributed by atoms with E-state index >= 15 is 0 Å². The first-order valence-electron chi connectivity index (χ1n) is 7.17. The first kappa shape index (κ1) is 14.7. The van der Waals surface area contributed by atoms with Gasteiger partial charge in [-0.1, -0.05) is 31.4 Å². The van der Waals surface area contributed by atoms with Crippen molar-refractivity contribution in [2.75, 3.05) is 13.2 Å². The molecule has 0 aromatic rings. The van der Waals surface area contributed by atoms with Crippen LogP contribution in [0.4, 0.5) is 0 Å². The second-order valence-electron chi connectivity index (χ2n) is 5.38. The average molecular weight is 239 g/mol. The summed E-state index contributed by atoms with van der Waals surface area (Å²) in [6.07, 6.45) is 8.55. The van der Waals surface area contributed by atoms with Crippen molar-refractivity contribution in [3.8, 4) is 0 Å². The Hall–Kier alpha value is -0.340. The van der Waals surface area contributed by atoms with Crippen LogP contribution in [0.5, 0.6) is 0 Å². The van der Waals surface area contributed by atoms with Crippen molar-refractivity contribution in [1.82, 2.24) is 5.32 Å². The van der Waals surface area contributed by atoms with Crippen LogP contribution in [-0.2, 0) is 4.74 Å². The van der Waals surface area contributed by atoms with E-state index in [2.05, 4.69) is 39.1 Å². The number of nitrogens with one attached hydrogen (secondary N) is 1. The standard InChI is InChI=1S/C15H29NO/c1-5-11-16-14(12-13(3)4)15(17-6-2)9-7-8-10-15/h12,14,16H,5-11H2,1-4H3. The largest absolute Gasteiger partial charge is 0.373 e. The van der Waals surface area contributed by atoms with Crippen LogP contribution in [0, 0.1) is 0 Å². The Kier molecular flexibility index (Phi) is 6.21. The Balaban J connectivity index is 2.79. The lowest BCUT2D eigenvalue weighted by molar-refractivity contribution is -0.0504. The molecule has 1 N–H and O–H groups in total. The third kappa shape index (κ3) is 4.11. The normalized spacial score (nSPS) is 20.2. The molecule has 17 heavy (non-hydrogen) atoms. The van der Waals surface area contributed by atoms with Crippen molar-refractivity contribution in [2.45, 2.75) is 71.4 Å². The van der Waals surface area contributed by atoms with E-state index in [1.165, 1.54) is 37.7 Å². The molecule has 0 spiro atoms. The molecule has 0 aliphatic heterocycles. The number of hydrogen-bond donors (Lipinski definition) is 1. The Morgan fingerprint density at radius 2 is 1.94 bits per heavy atom. The zero-order valence-electron chi connectivity index (χ0n) is 12.0. The Bertz CT molecular complexity index is 237. The molecule has 1 atom stereocenters. The fourth-order valence-corrected chi connectivity index (χ4v) is 2.84. The fraction of sp³-hybridized carbons (Fsp3) is 0.867. The summed E-state index contributed by atoms with van der Waals surface area (Å²) in [7, 11) is 0. The lowest BCUT2D eigenvalue weighted by Gasteiger charge is -2.36. The molecule has 2 nitrogen and oxygen atoms in total. The summed E-state index contributed by atoms with van der Waals surface area (Å²) in [4.78, 5) is 0. The smallest absolute Gasteiger partial charge is 0.0870 e. The maximum Gasteiger partial charge on any atom is 0.0870 e. The van der Waals surface area contributed by atoms with E-state index in [0.29, 0.717) is 6.04 Å². The summed E-state index contributed by atoms with van der Waals surface area (Å²) >= 11 is 0. The van der Waals surface area contributed by atoms with Gasteiger partial charge in [0.2, 0.25) is 0 Å². The van der Waals surface area contributed by atoms with Gasteiger partial charge in [-0.3, -0.25) is 0 Å². The van der Waals surface area contributed by atoms with Gasteiger partial charge in [0.25, 0.3) is 0 Å². The maximum atomic E-state index is 6.14. The molecule has 1 fully saturated rings. The number of allylic oxidation sites excluding steroid dienone is 1. The highest BCUT2D eigenvalue weighted by Gasteiger charge is 2.40. The Morgan fingerprint density at radius 3 is 2.41 bits per heavy atom. The molecular weight excluding hydrogens is 210 g/mol. The lowest BCUT2D eigenvalue weighted by Crippen LogP contribution is -2.50. The molecule has 0 heterocycles. The van der Waals surface area contributed by atoms with E-state index in [0.717, 1.165) is 13.2 Å². The number of ether oxygens (including phenoxy) is 1. The molecular formula is C15H29NO. The third-order valence-corrected chi connectivity index (χ3v) is 3.56. The van der Waals surface area contributed by atoms with E-state index < -0.39 is 0 Å². The number of hydrogen-bond acceptors (Lipinski definition) is 2. The van der Waals surface area contributed by atoms with Gasteiger partial charge in [-0.25, -0.2) is 0 Å².